The van der Waals surface area contributed by atoms with Gasteiger partial charge in [-0.2, -0.15) is 5.10 Å². The molecule has 1 aromatic heterocycles. The second-order valence-electron chi connectivity index (χ2n) is 5.30. The van der Waals surface area contributed by atoms with Crippen LogP contribution in [0.15, 0.2) is 0 Å². The summed E-state index contributed by atoms with van der Waals surface area (Å²) in [4.78, 5) is 13.0. The van der Waals surface area contributed by atoms with Crippen LogP contribution in [0, 0.1) is 23.0 Å². The van der Waals surface area contributed by atoms with Crippen molar-refractivity contribution < 1.29 is 10.0 Å². The topological polar surface area (TPSA) is 84.4 Å². The summed E-state index contributed by atoms with van der Waals surface area (Å²) in [7, 11) is 0. The van der Waals surface area contributed by atoms with E-state index in [1.165, 1.54) is 0 Å². The van der Waals surface area contributed by atoms with Gasteiger partial charge < -0.3 is 10.0 Å². The number of hydrogen-bond acceptors (Lipinski definition) is 5. The molecule has 1 aromatic rings. The highest BCUT2D eigenvalue weighted by Gasteiger charge is 2.31. The zero-order valence-corrected chi connectivity index (χ0v) is 12.1. The Bertz CT molecular complexity index is 484. The Morgan fingerprint density at radius 1 is 1.55 bits per heavy atom. The van der Waals surface area contributed by atoms with Crippen molar-refractivity contribution in [2.45, 2.75) is 39.7 Å². The highest BCUT2D eigenvalue weighted by molar-refractivity contribution is 5.61. The molecule has 2 heterocycles. The summed E-state index contributed by atoms with van der Waals surface area (Å²) < 4.78 is 1.72. The highest BCUT2D eigenvalue weighted by Crippen LogP contribution is 2.34. The van der Waals surface area contributed by atoms with Gasteiger partial charge in [0, 0.05) is 26.2 Å². The summed E-state index contributed by atoms with van der Waals surface area (Å²) in [5, 5.41) is 24.7. The van der Waals surface area contributed by atoms with Crippen molar-refractivity contribution >= 4 is 11.5 Å². The molecule has 0 amide bonds. The molecule has 0 radical (unpaired) electrons. The molecule has 1 atom stereocenters. The lowest BCUT2D eigenvalue weighted by Gasteiger charge is -2.33. The summed E-state index contributed by atoms with van der Waals surface area (Å²) >= 11 is 0. The van der Waals surface area contributed by atoms with E-state index in [2.05, 4.69) is 10.00 Å². The molecule has 0 spiro atoms. The highest BCUT2D eigenvalue weighted by atomic mass is 16.6. The van der Waals surface area contributed by atoms with Crippen LogP contribution in [0.3, 0.4) is 0 Å². The van der Waals surface area contributed by atoms with Crippen LogP contribution in [0.1, 0.15) is 31.9 Å². The van der Waals surface area contributed by atoms with Gasteiger partial charge in [-0.05, 0) is 39.0 Å². The van der Waals surface area contributed by atoms with Crippen LogP contribution < -0.4 is 4.90 Å². The quantitative estimate of drug-likeness (QED) is 0.656. The number of aryl methyl sites for hydroxylation is 2. The molecule has 1 unspecified atom stereocenters. The zero-order chi connectivity index (χ0) is 14.7. The predicted molar refractivity (Wildman–Crippen MR) is 75.9 cm³/mol. The fraction of sp³-hybridized carbons (Fsp3) is 0.769. The molecule has 7 nitrogen and oxygen atoms in total. The van der Waals surface area contributed by atoms with Crippen LogP contribution in [-0.2, 0) is 6.54 Å². The number of hydrogen-bond donors (Lipinski definition) is 1. The minimum absolute atomic E-state index is 0.122. The average Bonchev–Trinajstić information content (AvgIpc) is 2.76. The molecule has 0 aliphatic carbocycles. The van der Waals surface area contributed by atoms with Crippen molar-refractivity contribution in [3.8, 4) is 0 Å². The van der Waals surface area contributed by atoms with Crippen LogP contribution in [0.5, 0.6) is 0 Å². The zero-order valence-electron chi connectivity index (χ0n) is 12.1. The molecule has 1 aliphatic heterocycles. The Kier molecular flexibility index (Phi) is 4.59. The van der Waals surface area contributed by atoms with E-state index in [1.54, 1.807) is 11.6 Å². The van der Waals surface area contributed by atoms with E-state index in [-0.39, 0.29) is 17.2 Å². The molecule has 112 valence electrons. The summed E-state index contributed by atoms with van der Waals surface area (Å²) in [6.07, 6.45) is 2.82. The molecule has 7 heteroatoms. The first kappa shape index (κ1) is 14.8. The van der Waals surface area contributed by atoms with Gasteiger partial charge in [-0.1, -0.05) is 0 Å². The maximum atomic E-state index is 11.3. The molecular weight excluding hydrogens is 260 g/mol. The minimum Gasteiger partial charge on any atom is -0.396 e. The maximum Gasteiger partial charge on any atom is 0.333 e. The molecule has 0 aromatic carbocycles. The second-order valence-corrected chi connectivity index (χ2v) is 5.30. The van der Waals surface area contributed by atoms with Gasteiger partial charge in [0.2, 0.25) is 5.82 Å². The first-order chi connectivity index (χ1) is 9.58. The van der Waals surface area contributed by atoms with Crippen molar-refractivity contribution in [2.75, 3.05) is 24.6 Å². The number of piperidine rings is 1. The summed E-state index contributed by atoms with van der Waals surface area (Å²) in [5.41, 5.74) is 0.590. The van der Waals surface area contributed by atoms with Crippen LogP contribution >= 0.6 is 0 Å². The lowest BCUT2D eigenvalue weighted by Crippen LogP contribution is -2.37. The van der Waals surface area contributed by atoms with Gasteiger partial charge in [0.25, 0.3) is 0 Å². The first-order valence-corrected chi connectivity index (χ1v) is 7.16. The molecule has 20 heavy (non-hydrogen) atoms. The van der Waals surface area contributed by atoms with Crippen molar-refractivity contribution in [1.29, 1.82) is 0 Å². The van der Waals surface area contributed by atoms with E-state index in [9.17, 15) is 10.1 Å². The number of aliphatic hydroxyl groups excluding tert-OH is 1. The number of nitro groups is 1. The summed E-state index contributed by atoms with van der Waals surface area (Å²) in [6, 6.07) is 0. The van der Waals surface area contributed by atoms with Gasteiger partial charge in [-0.15, -0.1) is 0 Å². The van der Waals surface area contributed by atoms with Gasteiger partial charge >= 0.3 is 5.69 Å². The van der Waals surface area contributed by atoms with Gasteiger partial charge in [0.1, 0.15) is 5.69 Å². The number of anilines is 1. The molecular formula is C13H22N4O3. The monoisotopic (exact) mass is 282 g/mol. The SMILES string of the molecule is CCn1nc(C)c([N+](=O)[O-])c1N1CCCC(CCO)C1. The summed E-state index contributed by atoms with van der Waals surface area (Å²) in [6.45, 7) is 5.98. The molecule has 1 N–H and O–H groups in total. The average molecular weight is 282 g/mol. The lowest BCUT2D eigenvalue weighted by atomic mass is 9.95. The van der Waals surface area contributed by atoms with Crippen LogP contribution in [-0.4, -0.2) is 39.5 Å². The number of nitrogens with zero attached hydrogens (tertiary/aromatic N) is 4. The Hall–Kier alpha value is -1.63. The van der Waals surface area contributed by atoms with Gasteiger partial charge in [-0.3, -0.25) is 10.1 Å². The number of aromatic nitrogens is 2. The Labute approximate surface area is 118 Å². The third kappa shape index (κ3) is 2.77. The van der Waals surface area contributed by atoms with E-state index in [0.717, 1.165) is 32.4 Å². The molecule has 1 aliphatic rings. The van der Waals surface area contributed by atoms with Crippen LogP contribution in [0.25, 0.3) is 0 Å². The largest absolute Gasteiger partial charge is 0.396 e. The fourth-order valence-corrected chi connectivity index (χ4v) is 2.98. The Morgan fingerprint density at radius 3 is 2.90 bits per heavy atom. The van der Waals surface area contributed by atoms with Gasteiger partial charge in [0.15, 0.2) is 0 Å². The predicted octanol–water partition coefficient (Wildman–Crippen LogP) is 1.72. The number of rotatable bonds is 5. The van der Waals surface area contributed by atoms with Gasteiger partial charge in [-0.25, -0.2) is 4.68 Å². The van der Waals surface area contributed by atoms with E-state index < -0.39 is 0 Å². The van der Waals surface area contributed by atoms with Crippen molar-refractivity contribution in [3.63, 3.8) is 0 Å². The van der Waals surface area contributed by atoms with Crippen molar-refractivity contribution in [1.82, 2.24) is 9.78 Å². The van der Waals surface area contributed by atoms with Gasteiger partial charge in [0.05, 0.1) is 4.92 Å². The third-order valence-corrected chi connectivity index (χ3v) is 3.91. The fourth-order valence-electron chi connectivity index (χ4n) is 2.98. The van der Waals surface area contributed by atoms with E-state index in [4.69, 9.17) is 5.11 Å². The third-order valence-electron chi connectivity index (χ3n) is 3.91. The lowest BCUT2D eigenvalue weighted by molar-refractivity contribution is -0.384. The number of aliphatic hydroxyl groups is 1. The van der Waals surface area contributed by atoms with Crippen LogP contribution in [0.4, 0.5) is 11.5 Å². The van der Waals surface area contributed by atoms with E-state index in [0.29, 0.717) is 24.0 Å². The molecule has 1 fully saturated rings. The normalized spacial score (nSPS) is 19.4. The van der Waals surface area contributed by atoms with E-state index in [1.807, 2.05) is 6.92 Å². The molecule has 0 bridgehead atoms. The maximum absolute atomic E-state index is 11.3. The minimum atomic E-state index is -0.334. The Morgan fingerprint density at radius 2 is 2.30 bits per heavy atom. The molecule has 2 rings (SSSR count). The van der Waals surface area contributed by atoms with E-state index >= 15 is 0 Å². The van der Waals surface area contributed by atoms with Crippen molar-refractivity contribution in [2.24, 2.45) is 5.92 Å². The Balaban J connectivity index is 2.33. The van der Waals surface area contributed by atoms with Crippen LogP contribution in [0.2, 0.25) is 0 Å². The molecule has 0 saturated carbocycles. The first-order valence-electron chi connectivity index (χ1n) is 7.16. The van der Waals surface area contributed by atoms with Crippen molar-refractivity contribution in [3.05, 3.63) is 15.8 Å². The standard InChI is InChI=1S/C13H22N4O3/c1-3-16-13(12(17(19)20)10(2)14-16)15-7-4-5-11(9-15)6-8-18/h11,18H,3-9H2,1-2H3. The summed E-state index contributed by atoms with van der Waals surface area (Å²) in [5.74, 6) is 1.02. The molecule has 1 saturated heterocycles. The smallest absolute Gasteiger partial charge is 0.333 e. The second kappa shape index (κ2) is 6.21.